The molecule has 0 unspecified atom stereocenters. The molecule has 0 spiro atoms. The van der Waals surface area contributed by atoms with Crippen molar-refractivity contribution in [3.63, 3.8) is 0 Å². The van der Waals surface area contributed by atoms with E-state index in [-0.39, 0.29) is 0 Å². The molecule has 13 rings (SSSR count). The minimum absolute atomic E-state index is 0.592. The van der Waals surface area contributed by atoms with Crippen molar-refractivity contribution in [2.45, 2.75) is 0 Å². The quantitative estimate of drug-likeness (QED) is 0.167. The van der Waals surface area contributed by atoms with E-state index in [1.54, 1.807) is 0 Å². The molecule has 0 radical (unpaired) electrons. The van der Waals surface area contributed by atoms with Crippen molar-refractivity contribution in [3.05, 3.63) is 200 Å². The highest BCUT2D eigenvalue weighted by Crippen LogP contribution is 2.47. The van der Waals surface area contributed by atoms with E-state index in [0.29, 0.717) is 17.5 Å². The van der Waals surface area contributed by atoms with E-state index in [1.165, 1.54) is 57.0 Å². The molecule has 0 N–H and O–H groups in total. The molecule has 6 heteroatoms. The molecule has 294 valence electrons. The van der Waals surface area contributed by atoms with Crippen LogP contribution in [0.3, 0.4) is 0 Å². The van der Waals surface area contributed by atoms with Crippen LogP contribution in [0.15, 0.2) is 205 Å². The molecule has 0 fully saturated rings. The molecule has 13 aromatic rings. The van der Waals surface area contributed by atoms with Crippen LogP contribution in [0.4, 0.5) is 0 Å². The zero-order valence-corrected chi connectivity index (χ0v) is 35.3. The van der Waals surface area contributed by atoms with Gasteiger partial charge in [0.25, 0.3) is 0 Å². The Morgan fingerprint density at radius 2 is 0.921 bits per heavy atom. The number of furan rings is 1. The van der Waals surface area contributed by atoms with Crippen molar-refractivity contribution in [1.82, 2.24) is 15.0 Å². The van der Waals surface area contributed by atoms with Crippen LogP contribution in [0.2, 0.25) is 0 Å². The number of rotatable bonds is 6. The molecule has 4 nitrogen and oxygen atoms in total. The number of benzene rings is 9. The van der Waals surface area contributed by atoms with Crippen LogP contribution in [0, 0.1) is 0 Å². The lowest BCUT2D eigenvalue weighted by molar-refractivity contribution is 0.669. The highest BCUT2D eigenvalue weighted by molar-refractivity contribution is 7.26. The molecule has 4 aromatic heterocycles. The normalized spacial score (nSPS) is 11.8. The van der Waals surface area contributed by atoms with Gasteiger partial charge in [-0.3, -0.25) is 0 Å². The monoisotopic (exact) mass is 839 g/mol. The minimum Gasteiger partial charge on any atom is -0.456 e. The Balaban J connectivity index is 0.990. The zero-order valence-electron chi connectivity index (χ0n) is 33.6. The highest BCUT2D eigenvalue weighted by atomic mass is 32.1. The Morgan fingerprint density at radius 1 is 0.302 bits per heavy atom. The Kier molecular flexibility index (Phi) is 8.22. The maximum atomic E-state index is 6.61. The van der Waals surface area contributed by atoms with Crippen LogP contribution in [0.1, 0.15) is 0 Å². The summed E-state index contributed by atoms with van der Waals surface area (Å²) in [5.74, 6) is 1.82. The van der Waals surface area contributed by atoms with Gasteiger partial charge in [-0.1, -0.05) is 158 Å². The molecule has 0 amide bonds. The van der Waals surface area contributed by atoms with E-state index in [1.807, 2.05) is 71.2 Å². The number of nitrogens with zero attached hydrogens (tertiary/aromatic N) is 3. The van der Waals surface area contributed by atoms with Crippen molar-refractivity contribution in [2.75, 3.05) is 0 Å². The SMILES string of the molecule is c1ccc(-c2cccc(-c3nc(-c4ccccc4)nc(-c4cccc5oc6ccc(-c7ccc(-c8ccc9c(c8)sc8ccccc89)c8sc9ccccc9c78)cc6c45)n3)c2)cc1. The van der Waals surface area contributed by atoms with E-state index >= 15 is 0 Å². The van der Waals surface area contributed by atoms with Gasteiger partial charge in [-0.05, 0) is 75.8 Å². The fourth-order valence-corrected chi connectivity index (χ4v) is 11.6. The lowest BCUT2D eigenvalue weighted by Crippen LogP contribution is -2.00. The third-order valence-corrected chi connectivity index (χ3v) is 14.5. The average Bonchev–Trinajstić information content (AvgIpc) is 4.05. The van der Waals surface area contributed by atoms with Crippen molar-refractivity contribution >= 4 is 85.0 Å². The van der Waals surface area contributed by atoms with Gasteiger partial charge in [0.15, 0.2) is 17.5 Å². The predicted octanol–water partition coefficient (Wildman–Crippen LogP) is 16.5. The molecule has 63 heavy (non-hydrogen) atoms. The van der Waals surface area contributed by atoms with Gasteiger partial charge in [-0.2, -0.15) is 0 Å². The van der Waals surface area contributed by atoms with E-state index < -0.39 is 0 Å². The second-order valence-corrected chi connectivity index (χ2v) is 18.0. The number of fused-ring (bicyclic) bond motifs is 9. The molecule has 0 aliphatic carbocycles. The van der Waals surface area contributed by atoms with Gasteiger partial charge in [-0.25, -0.2) is 15.0 Å². The van der Waals surface area contributed by atoms with E-state index in [0.717, 1.165) is 55.3 Å². The molecule has 4 heterocycles. The molecular weight excluding hydrogens is 807 g/mol. The summed E-state index contributed by atoms with van der Waals surface area (Å²) in [4.78, 5) is 15.5. The molecule has 9 aromatic carbocycles. The summed E-state index contributed by atoms with van der Waals surface area (Å²) in [6, 6.07) is 70.8. The van der Waals surface area contributed by atoms with Crippen molar-refractivity contribution in [1.29, 1.82) is 0 Å². The fourth-order valence-electron chi connectivity index (χ4n) is 9.18. The van der Waals surface area contributed by atoms with E-state index in [2.05, 4.69) is 152 Å². The summed E-state index contributed by atoms with van der Waals surface area (Å²) in [6.07, 6.45) is 0. The average molecular weight is 840 g/mol. The van der Waals surface area contributed by atoms with Crippen LogP contribution < -0.4 is 0 Å². The van der Waals surface area contributed by atoms with Gasteiger partial charge in [0.2, 0.25) is 0 Å². The summed E-state index contributed by atoms with van der Waals surface area (Å²) in [5.41, 5.74) is 11.4. The van der Waals surface area contributed by atoms with Crippen LogP contribution in [-0.4, -0.2) is 15.0 Å². The number of thiophene rings is 2. The first-order valence-corrected chi connectivity index (χ1v) is 22.6. The summed E-state index contributed by atoms with van der Waals surface area (Å²) in [6.45, 7) is 0. The number of aromatic nitrogens is 3. The van der Waals surface area contributed by atoms with E-state index in [9.17, 15) is 0 Å². The largest absolute Gasteiger partial charge is 0.456 e. The maximum Gasteiger partial charge on any atom is 0.164 e. The lowest BCUT2D eigenvalue weighted by Gasteiger charge is -2.11. The summed E-state index contributed by atoms with van der Waals surface area (Å²) >= 11 is 3.73. The Labute approximate surface area is 370 Å². The standard InChI is InChI=1S/C57H33N3OS2/c1-3-13-34(14-4-1)36-17-11-18-39(31-36)56-58-55(35-15-5-2-6-16-35)59-57(60-56)45-21-12-22-48-52(45)46-32-37(26-30-47(46)61-48)40-28-29-41(54-53(40)44-20-8-10-24-50(44)63-54)38-25-27-43-42-19-7-9-23-49(42)62-51(43)33-38/h1-33H. The Hall–Kier alpha value is -7.77. The van der Waals surface area contributed by atoms with E-state index in [4.69, 9.17) is 19.4 Å². The van der Waals surface area contributed by atoms with Crippen molar-refractivity contribution in [3.8, 4) is 67.5 Å². The third kappa shape index (κ3) is 5.98. The lowest BCUT2D eigenvalue weighted by atomic mass is 9.93. The third-order valence-electron chi connectivity index (χ3n) is 12.2. The number of hydrogen-bond donors (Lipinski definition) is 0. The zero-order chi connectivity index (χ0) is 41.4. The van der Waals surface area contributed by atoms with Gasteiger partial charge in [0.05, 0.1) is 0 Å². The highest BCUT2D eigenvalue weighted by Gasteiger charge is 2.21. The summed E-state index contributed by atoms with van der Waals surface area (Å²) < 4.78 is 11.8. The Morgan fingerprint density at radius 3 is 1.76 bits per heavy atom. The molecule has 0 saturated carbocycles. The van der Waals surface area contributed by atoms with Crippen LogP contribution >= 0.6 is 22.7 Å². The van der Waals surface area contributed by atoms with Gasteiger partial charge >= 0.3 is 0 Å². The fraction of sp³-hybridized carbons (Fsp3) is 0. The van der Waals surface area contributed by atoms with Crippen LogP contribution in [-0.2, 0) is 0 Å². The smallest absolute Gasteiger partial charge is 0.164 e. The van der Waals surface area contributed by atoms with Crippen molar-refractivity contribution in [2.24, 2.45) is 0 Å². The first kappa shape index (κ1) is 35.9. The van der Waals surface area contributed by atoms with Gasteiger partial charge in [-0.15, -0.1) is 22.7 Å². The van der Waals surface area contributed by atoms with Crippen LogP contribution in [0.5, 0.6) is 0 Å². The maximum absolute atomic E-state index is 6.61. The summed E-state index contributed by atoms with van der Waals surface area (Å²) in [5, 5.41) is 7.15. The first-order chi connectivity index (χ1) is 31.2. The molecule has 0 bridgehead atoms. The molecule has 0 aliphatic heterocycles. The molecule has 0 aliphatic rings. The minimum atomic E-state index is 0.592. The summed E-state index contributed by atoms with van der Waals surface area (Å²) in [7, 11) is 0. The molecule has 0 atom stereocenters. The van der Waals surface area contributed by atoms with Gasteiger partial charge in [0.1, 0.15) is 11.2 Å². The first-order valence-electron chi connectivity index (χ1n) is 21.0. The second-order valence-electron chi connectivity index (χ2n) is 15.9. The Bertz CT molecular complexity index is 3920. The predicted molar refractivity (Wildman–Crippen MR) is 265 cm³/mol. The van der Waals surface area contributed by atoms with Gasteiger partial charge < -0.3 is 4.42 Å². The number of hydrogen-bond acceptors (Lipinski definition) is 6. The van der Waals surface area contributed by atoms with Crippen LogP contribution in [0.25, 0.3) is 130 Å². The molecule has 0 saturated heterocycles. The topological polar surface area (TPSA) is 51.8 Å². The van der Waals surface area contributed by atoms with Crippen molar-refractivity contribution < 1.29 is 4.42 Å². The second kappa shape index (κ2) is 14.4. The molecular formula is C57H33N3OS2. The van der Waals surface area contributed by atoms with Gasteiger partial charge in [0, 0.05) is 67.8 Å².